The monoisotopic (exact) mass is 365 g/mol. The summed E-state index contributed by atoms with van der Waals surface area (Å²) in [6.07, 6.45) is 0.989. The fraction of sp³-hybridized carbons (Fsp3) is 0.227. The van der Waals surface area contributed by atoms with Crippen molar-refractivity contribution in [2.45, 2.75) is 26.9 Å². The van der Waals surface area contributed by atoms with Gasteiger partial charge in [0.25, 0.3) is 5.91 Å². The fourth-order valence-corrected chi connectivity index (χ4v) is 2.59. The highest BCUT2D eigenvalue weighted by Gasteiger charge is 2.14. The van der Waals surface area contributed by atoms with Gasteiger partial charge in [0.05, 0.1) is 12.3 Å². The molecule has 1 aromatic heterocycles. The Balaban J connectivity index is 1.60. The molecule has 2 aromatic carbocycles. The number of para-hydroxylation sites is 2. The van der Waals surface area contributed by atoms with Crippen LogP contribution in [0.15, 0.2) is 65.1 Å². The van der Waals surface area contributed by atoms with Gasteiger partial charge < -0.3 is 19.2 Å². The van der Waals surface area contributed by atoms with Crippen molar-refractivity contribution in [2.24, 2.45) is 0 Å². The predicted molar refractivity (Wildman–Crippen MR) is 104 cm³/mol. The zero-order chi connectivity index (χ0) is 19.1. The van der Waals surface area contributed by atoms with E-state index in [9.17, 15) is 4.79 Å². The molecule has 27 heavy (non-hydrogen) atoms. The van der Waals surface area contributed by atoms with E-state index < -0.39 is 0 Å². The summed E-state index contributed by atoms with van der Waals surface area (Å²) < 4.78 is 16.8. The van der Waals surface area contributed by atoms with Gasteiger partial charge in [-0.1, -0.05) is 31.2 Å². The smallest absolute Gasteiger partial charge is 0.291 e. The second-order valence-electron chi connectivity index (χ2n) is 5.94. The summed E-state index contributed by atoms with van der Waals surface area (Å²) in [5, 5.41) is 2.81. The van der Waals surface area contributed by atoms with E-state index in [2.05, 4.69) is 12.2 Å². The molecular formula is C22H23NO4. The van der Waals surface area contributed by atoms with Gasteiger partial charge in [-0.2, -0.15) is 0 Å². The molecule has 0 aliphatic heterocycles. The number of carbonyl (C=O) groups excluding carboxylic acids is 1. The highest BCUT2D eigenvalue weighted by Crippen LogP contribution is 2.24. The molecule has 0 saturated heterocycles. The Hall–Kier alpha value is -3.21. The molecule has 0 bridgehead atoms. The largest absolute Gasteiger partial charge is 0.492 e. The minimum Gasteiger partial charge on any atom is -0.492 e. The summed E-state index contributed by atoms with van der Waals surface area (Å²) in [6, 6.07) is 18.6. The van der Waals surface area contributed by atoms with E-state index in [4.69, 9.17) is 13.9 Å². The number of rotatable bonds is 8. The topological polar surface area (TPSA) is 60.7 Å². The Morgan fingerprint density at radius 2 is 1.74 bits per heavy atom. The van der Waals surface area contributed by atoms with Gasteiger partial charge in [-0.15, -0.1) is 0 Å². The van der Waals surface area contributed by atoms with Gasteiger partial charge in [-0.25, -0.2) is 0 Å². The van der Waals surface area contributed by atoms with Crippen LogP contribution in [0.3, 0.4) is 0 Å². The number of hydrogen-bond acceptors (Lipinski definition) is 4. The maximum Gasteiger partial charge on any atom is 0.291 e. The molecule has 3 rings (SSSR count). The van der Waals surface area contributed by atoms with Crippen LogP contribution in [0, 0.1) is 0 Å². The van der Waals surface area contributed by atoms with Crippen LogP contribution in [0.4, 0.5) is 5.69 Å². The number of nitrogens with one attached hydrogen (secondary N) is 1. The third-order valence-corrected chi connectivity index (χ3v) is 4.03. The lowest BCUT2D eigenvalue weighted by Crippen LogP contribution is -2.12. The predicted octanol–water partition coefficient (Wildman–Crippen LogP) is 5.07. The first-order chi connectivity index (χ1) is 13.2. The summed E-state index contributed by atoms with van der Waals surface area (Å²) in [5.74, 6) is 1.86. The van der Waals surface area contributed by atoms with Crippen LogP contribution < -0.4 is 14.8 Å². The molecule has 0 radical (unpaired) electrons. The van der Waals surface area contributed by atoms with Crippen molar-refractivity contribution in [2.75, 3.05) is 11.9 Å². The summed E-state index contributed by atoms with van der Waals surface area (Å²) in [6.45, 7) is 4.79. The zero-order valence-electron chi connectivity index (χ0n) is 15.5. The van der Waals surface area contributed by atoms with E-state index in [1.54, 1.807) is 18.2 Å². The van der Waals surface area contributed by atoms with Gasteiger partial charge in [0.1, 0.15) is 23.9 Å². The average Bonchev–Trinajstić information content (AvgIpc) is 3.18. The molecule has 1 heterocycles. The lowest BCUT2D eigenvalue weighted by atomic mass is 10.2. The molecule has 0 saturated carbocycles. The fourth-order valence-electron chi connectivity index (χ4n) is 2.59. The maximum absolute atomic E-state index is 12.4. The third kappa shape index (κ3) is 4.91. The van der Waals surface area contributed by atoms with Crippen LogP contribution in [0.25, 0.3) is 0 Å². The van der Waals surface area contributed by atoms with Gasteiger partial charge >= 0.3 is 0 Å². The molecule has 0 atom stereocenters. The van der Waals surface area contributed by atoms with Crippen LogP contribution in [0.5, 0.6) is 11.5 Å². The van der Waals surface area contributed by atoms with Crippen LogP contribution >= 0.6 is 0 Å². The zero-order valence-corrected chi connectivity index (χ0v) is 15.5. The molecule has 0 aliphatic rings. The third-order valence-electron chi connectivity index (χ3n) is 4.03. The SMILES string of the molecule is CCOc1ccccc1NC(=O)c1ccc(COc2ccc(CC)cc2)o1. The van der Waals surface area contributed by atoms with E-state index in [1.807, 2.05) is 49.4 Å². The second kappa shape index (κ2) is 8.94. The van der Waals surface area contributed by atoms with Crippen LogP contribution in [0.1, 0.15) is 35.7 Å². The summed E-state index contributed by atoms with van der Waals surface area (Å²) in [7, 11) is 0. The van der Waals surface area contributed by atoms with E-state index in [-0.39, 0.29) is 18.3 Å². The number of benzene rings is 2. The molecule has 0 fully saturated rings. The lowest BCUT2D eigenvalue weighted by Gasteiger charge is -2.10. The minimum absolute atomic E-state index is 0.223. The number of hydrogen-bond donors (Lipinski definition) is 1. The Morgan fingerprint density at radius 3 is 2.48 bits per heavy atom. The van der Waals surface area contributed by atoms with Gasteiger partial charge in [0.2, 0.25) is 0 Å². The van der Waals surface area contributed by atoms with E-state index >= 15 is 0 Å². The van der Waals surface area contributed by atoms with Crippen LogP contribution in [0.2, 0.25) is 0 Å². The first-order valence-electron chi connectivity index (χ1n) is 9.03. The van der Waals surface area contributed by atoms with Crippen molar-refractivity contribution in [3.63, 3.8) is 0 Å². The van der Waals surface area contributed by atoms with Crippen molar-refractivity contribution in [1.29, 1.82) is 0 Å². The van der Waals surface area contributed by atoms with Crippen molar-refractivity contribution in [3.8, 4) is 11.5 Å². The van der Waals surface area contributed by atoms with Gasteiger partial charge in [0.15, 0.2) is 5.76 Å². The van der Waals surface area contributed by atoms with Crippen molar-refractivity contribution >= 4 is 11.6 Å². The molecular weight excluding hydrogens is 342 g/mol. The van der Waals surface area contributed by atoms with E-state index in [0.29, 0.717) is 23.8 Å². The van der Waals surface area contributed by atoms with Crippen molar-refractivity contribution < 1.29 is 18.7 Å². The first kappa shape index (κ1) is 18.6. The first-order valence-corrected chi connectivity index (χ1v) is 9.03. The Bertz CT molecular complexity index is 883. The molecule has 0 aliphatic carbocycles. The highest BCUT2D eigenvalue weighted by molar-refractivity contribution is 6.03. The number of furan rings is 1. The van der Waals surface area contributed by atoms with E-state index in [0.717, 1.165) is 12.2 Å². The standard InChI is InChI=1S/C22H23NO4/c1-3-16-9-11-17(12-10-16)26-15-18-13-14-21(27-18)22(24)23-19-7-5-6-8-20(19)25-4-2/h5-14H,3-4,15H2,1-2H3,(H,23,24). The summed E-state index contributed by atoms with van der Waals surface area (Å²) >= 11 is 0. The molecule has 140 valence electrons. The average molecular weight is 365 g/mol. The number of anilines is 1. The number of amides is 1. The Labute approximate surface area is 158 Å². The lowest BCUT2D eigenvalue weighted by molar-refractivity contribution is 0.0992. The molecule has 5 heteroatoms. The minimum atomic E-state index is -0.333. The molecule has 5 nitrogen and oxygen atoms in total. The Kier molecular flexibility index (Phi) is 6.15. The highest BCUT2D eigenvalue weighted by atomic mass is 16.5. The van der Waals surface area contributed by atoms with Crippen LogP contribution in [-0.2, 0) is 13.0 Å². The van der Waals surface area contributed by atoms with Gasteiger partial charge in [0, 0.05) is 0 Å². The quantitative estimate of drug-likeness (QED) is 0.605. The summed E-state index contributed by atoms with van der Waals surface area (Å²) in [4.78, 5) is 12.4. The number of aryl methyl sites for hydroxylation is 1. The molecule has 3 aromatic rings. The molecule has 1 N–H and O–H groups in total. The van der Waals surface area contributed by atoms with Gasteiger partial charge in [-0.05, 0) is 55.3 Å². The molecule has 0 unspecified atom stereocenters. The molecule has 0 spiro atoms. The Morgan fingerprint density at radius 1 is 0.963 bits per heavy atom. The van der Waals surface area contributed by atoms with Gasteiger partial charge in [-0.3, -0.25) is 4.79 Å². The number of carbonyl (C=O) groups is 1. The normalized spacial score (nSPS) is 10.4. The van der Waals surface area contributed by atoms with E-state index in [1.165, 1.54) is 5.56 Å². The van der Waals surface area contributed by atoms with Crippen LogP contribution in [-0.4, -0.2) is 12.5 Å². The maximum atomic E-state index is 12.4. The van der Waals surface area contributed by atoms with Crippen molar-refractivity contribution in [1.82, 2.24) is 0 Å². The second-order valence-corrected chi connectivity index (χ2v) is 5.94. The summed E-state index contributed by atoms with van der Waals surface area (Å²) in [5.41, 5.74) is 1.86. The molecule has 1 amide bonds. The van der Waals surface area contributed by atoms with Crippen molar-refractivity contribution in [3.05, 3.63) is 77.7 Å². The number of ether oxygens (including phenoxy) is 2.